The second-order valence-corrected chi connectivity index (χ2v) is 7.11. The molecule has 0 fully saturated rings. The minimum atomic E-state index is -0.510. The topological polar surface area (TPSA) is 59.7 Å². The summed E-state index contributed by atoms with van der Waals surface area (Å²) in [7, 11) is 0. The predicted octanol–water partition coefficient (Wildman–Crippen LogP) is 3.14. The summed E-state index contributed by atoms with van der Waals surface area (Å²) in [5, 5.41) is 5.48. The molecular weight excluding hydrogens is 300 g/mol. The van der Waals surface area contributed by atoms with Crippen LogP contribution in [0.25, 0.3) is 5.65 Å². The van der Waals surface area contributed by atoms with Gasteiger partial charge in [0.1, 0.15) is 10.6 Å². The summed E-state index contributed by atoms with van der Waals surface area (Å²) in [4.78, 5) is 18.5. The quantitative estimate of drug-likeness (QED) is 0.756. The zero-order chi connectivity index (χ0) is 15.9. The number of nitrogens with zero attached hydrogens (tertiary/aromatic N) is 4. The highest BCUT2D eigenvalue weighted by atomic mass is 32.2. The summed E-state index contributed by atoms with van der Waals surface area (Å²) in [6.07, 6.45) is 5.18. The highest BCUT2D eigenvalue weighted by Gasteiger charge is 2.29. The Morgan fingerprint density at radius 1 is 1.41 bits per heavy atom. The maximum absolute atomic E-state index is 12.4. The highest BCUT2D eigenvalue weighted by molar-refractivity contribution is 7.98. The predicted molar refractivity (Wildman–Crippen MR) is 86.7 cm³/mol. The van der Waals surface area contributed by atoms with Crippen molar-refractivity contribution in [3.63, 3.8) is 0 Å². The number of ether oxygens (including phenoxy) is 1. The number of carbonyl (C=O) groups is 1. The Labute approximate surface area is 133 Å². The number of hydrogen-bond donors (Lipinski definition) is 0. The van der Waals surface area contributed by atoms with E-state index in [1.54, 1.807) is 22.9 Å². The van der Waals surface area contributed by atoms with Crippen molar-refractivity contribution in [3.8, 4) is 0 Å². The number of hydrogen-bond acceptors (Lipinski definition) is 5. The van der Waals surface area contributed by atoms with E-state index in [0.29, 0.717) is 6.54 Å². The van der Waals surface area contributed by atoms with E-state index in [1.165, 1.54) is 0 Å². The van der Waals surface area contributed by atoms with Gasteiger partial charge in [-0.2, -0.15) is 5.10 Å². The molecule has 0 radical (unpaired) electrons. The molecule has 1 aliphatic heterocycles. The molecular formula is C15H20N4O2S. The van der Waals surface area contributed by atoms with Gasteiger partial charge in [0.25, 0.3) is 0 Å². The van der Waals surface area contributed by atoms with Crippen LogP contribution in [0, 0.1) is 0 Å². The number of carbonyl (C=O) groups excluding carboxylic acids is 1. The largest absolute Gasteiger partial charge is 0.443 e. The second kappa shape index (κ2) is 5.46. The first-order valence-corrected chi connectivity index (χ1v) is 8.54. The molecule has 0 unspecified atom stereocenters. The average molecular weight is 320 g/mol. The molecule has 1 amide bonds. The Balaban J connectivity index is 2.01. The van der Waals surface area contributed by atoms with Crippen molar-refractivity contribution in [1.82, 2.24) is 14.6 Å². The molecule has 0 N–H and O–H groups in total. The molecule has 0 bridgehead atoms. The zero-order valence-electron chi connectivity index (χ0n) is 13.3. The third-order valence-corrected chi connectivity index (χ3v) is 4.07. The third-order valence-electron chi connectivity index (χ3n) is 3.45. The lowest BCUT2D eigenvalue weighted by molar-refractivity contribution is 0.0577. The fourth-order valence-corrected chi connectivity index (χ4v) is 2.93. The van der Waals surface area contributed by atoms with Crippen LogP contribution in [0.1, 0.15) is 32.9 Å². The van der Waals surface area contributed by atoms with Gasteiger partial charge in [0.2, 0.25) is 0 Å². The lowest BCUT2D eigenvalue weighted by atomic mass is 10.1. The summed E-state index contributed by atoms with van der Waals surface area (Å²) in [5.41, 5.74) is 2.12. The van der Waals surface area contributed by atoms with E-state index >= 15 is 0 Å². The number of aryl methyl sites for hydroxylation is 1. The van der Waals surface area contributed by atoms with Gasteiger partial charge in [-0.15, -0.1) is 11.8 Å². The molecule has 6 nitrogen and oxygen atoms in total. The van der Waals surface area contributed by atoms with E-state index in [2.05, 4.69) is 10.1 Å². The van der Waals surface area contributed by atoms with E-state index in [9.17, 15) is 4.79 Å². The maximum atomic E-state index is 12.4. The van der Waals surface area contributed by atoms with Gasteiger partial charge in [-0.05, 0) is 39.9 Å². The maximum Gasteiger partial charge on any atom is 0.414 e. The van der Waals surface area contributed by atoms with Crippen LogP contribution < -0.4 is 4.90 Å². The van der Waals surface area contributed by atoms with Gasteiger partial charge >= 0.3 is 6.09 Å². The summed E-state index contributed by atoms with van der Waals surface area (Å²) >= 11 is 1.58. The lowest BCUT2D eigenvalue weighted by Gasteiger charge is -2.31. The number of aromatic nitrogens is 3. The van der Waals surface area contributed by atoms with Crippen LogP contribution in [0.3, 0.4) is 0 Å². The molecule has 0 aromatic carbocycles. The lowest BCUT2D eigenvalue weighted by Crippen LogP contribution is -2.40. The van der Waals surface area contributed by atoms with Gasteiger partial charge in [-0.1, -0.05) is 0 Å². The van der Waals surface area contributed by atoms with Crippen molar-refractivity contribution in [3.05, 3.63) is 18.0 Å². The number of amides is 1. The van der Waals surface area contributed by atoms with Gasteiger partial charge in [-0.25, -0.2) is 14.3 Å². The summed E-state index contributed by atoms with van der Waals surface area (Å²) in [6.45, 7) is 6.26. The van der Waals surface area contributed by atoms with Crippen LogP contribution >= 0.6 is 11.8 Å². The molecule has 0 atom stereocenters. The standard InChI is InChI=1S/C15H20N4O2S/c1-15(2,3)21-14(20)18-7-5-6-10-11(18)9-16-12-8-13(22-4)17-19(10)12/h8-9H,5-7H2,1-4H3. The molecule has 0 aliphatic carbocycles. The number of thioether (sulfide) groups is 1. The Bertz CT molecular complexity index is 720. The first-order valence-electron chi connectivity index (χ1n) is 7.31. The minimum Gasteiger partial charge on any atom is -0.443 e. The first kappa shape index (κ1) is 15.1. The minimum absolute atomic E-state index is 0.327. The molecule has 7 heteroatoms. The average Bonchev–Trinajstić information content (AvgIpc) is 2.88. The fraction of sp³-hybridized carbons (Fsp3) is 0.533. The Morgan fingerprint density at radius 3 is 2.86 bits per heavy atom. The van der Waals surface area contributed by atoms with Crippen LogP contribution in [0.5, 0.6) is 0 Å². The van der Waals surface area contributed by atoms with Gasteiger partial charge in [0.05, 0.1) is 17.6 Å². The van der Waals surface area contributed by atoms with Crippen molar-refractivity contribution in [2.24, 2.45) is 0 Å². The smallest absolute Gasteiger partial charge is 0.414 e. The van der Waals surface area contributed by atoms with Crippen LogP contribution in [0.2, 0.25) is 0 Å². The van der Waals surface area contributed by atoms with Crippen LogP contribution in [-0.2, 0) is 11.2 Å². The van der Waals surface area contributed by atoms with E-state index in [-0.39, 0.29) is 6.09 Å². The van der Waals surface area contributed by atoms with Gasteiger partial charge in [0, 0.05) is 12.6 Å². The Morgan fingerprint density at radius 2 is 2.18 bits per heavy atom. The molecule has 118 valence electrons. The van der Waals surface area contributed by atoms with Crippen molar-refractivity contribution in [2.45, 2.75) is 44.2 Å². The zero-order valence-corrected chi connectivity index (χ0v) is 14.1. The molecule has 0 spiro atoms. The van der Waals surface area contributed by atoms with Gasteiger partial charge < -0.3 is 4.74 Å². The number of anilines is 1. The van der Waals surface area contributed by atoms with Gasteiger partial charge in [-0.3, -0.25) is 4.90 Å². The molecule has 2 aromatic rings. The highest BCUT2D eigenvalue weighted by Crippen LogP contribution is 2.29. The van der Waals surface area contributed by atoms with Crippen molar-refractivity contribution in [1.29, 1.82) is 0 Å². The van der Waals surface area contributed by atoms with Crippen molar-refractivity contribution >= 4 is 29.2 Å². The van der Waals surface area contributed by atoms with E-state index < -0.39 is 5.60 Å². The van der Waals surface area contributed by atoms with Crippen molar-refractivity contribution < 1.29 is 9.53 Å². The van der Waals surface area contributed by atoms with Crippen LogP contribution in [0.15, 0.2) is 17.3 Å². The van der Waals surface area contributed by atoms with Crippen LogP contribution in [0.4, 0.5) is 10.5 Å². The van der Waals surface area contributed by atoms with Gasteiger partial charge in [0.15, 0.2) is 5.65 Å². The SMILES string of the molecule is CSc1cc2ncc3c(n2n1)CCCN3C(=O)OC(C)(C)C. The molecule has 3 rings (SSSR count). The summed E-state index contributed by atoms with van der Waals surface area (Å²) in [5.74, 6) is 0. The third kappa shape index (κ3) is 2.77. The number of fused-ring (bicyclic) bond motifs is 3. The molecule has 3 heterocycles. The van der Waals surface area contributed by atoms with Crippen LogP contribution in [-0.4, -0.2) is 39.1 Å². The first-order chi connectivity index (χ1) is 10.4. The summed E-state index contributed by atoms with van der Waals surface area (Å²) < 4.78 is 7.34. The Kier molecular flexibility index (Phi) is 3.76. The fourth-order valence-electron chi connectivity index (χ4n) is 2.54. The normalized spacial score (nSPS) is 15.0. The second-order valence-electron chi connectivity index (χ2n) is 6.28. The van der Waals surface area contributed by atoms with E-state index in [0.717, 1.165) is 34.9 Å². The molecule has 1 aliphatic rings. The molecule has 0 saturated carbocycles. The molecule has 0 saturated heterocycles. The number of rotatable bonds is 1. The van der Waals surface area contributed by atoms with E-state index in [1.807, 2.05) is 37.6 Å². The summed E-state index contributed by atoms with van der Waals surface area (Å²) in [6, 6.07) is 1.96. The van der Waals surface area contributed by atoms with E-state index in [4.69, 9.17) is 4.74 Å². The Hall–Kier alpha value is -1.76. The monoisotopic (exact) mass is 320 g/mol. The molecule has 2 aromatic heterocycles. The van der Waals surface area contributed by atoms with Crippen molar-refractivity contribution in [2.75, 3.05) is 17.7 Å². The molecule has 22 heavy (non-hydrogen) atoms.